The predicted molar refractivity (Wildman–Crippen MR) is 79.2 cm³/mol. The molecule has 6 heteroatoms. The lowest BCUT2D eigenvalue weighted by Gasteiger charge is -2.41. The van der Waals surface area contributed by atoms with Crippen LogP contribution >= 0.6 is 0 Å². The summed E-state index contributed by atoms with van der Waals surface area (Å²) >= 11 is 0. The summed E-state index contributed by atoms with van der Waals surface area (Å²) < 4.78 is 28.4. The van der Waals surface area contributed by atoms with Gasteiger partial charge in [-0.2, -0.15) is 17.0 Å². The van der Waals surface area contributed by atoms with E-state index in [-0.39, 0.29) is 6.04 Å². The number of hydrogen-bond donors (Lipinski definition) is 1. The molecule has 1 fully saturated rings. The van der Waals surface area contributed by atoms with Gasteiger partial charge in [0.05, 0.1) is 0 Å². The molecule has 3 atom stereocenters. The first-order chi connectivity index (χ1) is 8.80. The maximum Gasteiger partial charge on any atom is 0.281 e. The van der Waals surface area contributed by atoms with E-state index in [1.54, 1.807) is 11.4 Å². The molecular formula is C13H29N3O2S. The third kappa shape index (κ3) is 4.15. The van der Waals surface area contributed by atoms with Gasteiger partial charge < -0.3 is 5.32 Å². The molecular weight excluding hydrogens is 262 g/mol. The van der Waals surface area contributed by atoms with Crippen LogP contribution in [0.15, 0.2) is 0 Å². The number of nitrogens with one attached hydrogen (secondary N) is 1. The zero-order chi connectivity index (χ0) is 14.6. The van der Waals surface area contributed by atoms with Gasteiger partial charge in [-0.1, -0.05) is 13.8 Å². The number of nitrogens with zero attached hydrogens (tertiary/aromatic N) is 2. The lowest BCUT2D eigenvalue weighted by Crippen LogP contribution is -2.53. The second kappa shape index (κ2) is 7.02. The second-order valence-corrected chi connectivity index (χ2v) is 7.90. The highest BCUT2D eigenvalue weighted by Gasteiger charge is 2.38. The van der Waals surface area contributed by atoms with Crippen molar-refractivity contribution in [1.82, 2.24) is 13.9 Å². The summed E-state index contributed by atoms with van der Waals surface area (Å²) in [6.45, 7) is 8.34. The molecule has 0 radical (unpaired) electrons. The molecule has 0 aliphatic carbocycles. The molecule has 3 unspecified atom stereocenters. The summed E-state index contributed by atoms with van der Waals surface area (Å²) in [5.74, 6) is 0.857. The van der Waals surface area contributed by atoms with Crippen molar-refractivity contribution in [1.29, 1.82) is 0 Å². The van der Waals surface area contributed by atoms with Crippen LogP contribution in [0.25, 0.3) is 0 Å². The van der Waals surface area contributed by atoms with Crippen LogP contribution < -0.4 is 5.32 Å². The fourth-order valence-electron chi connectivity index (χ4n) is 2.74. The fourth-order valence-corrected chi connectivity index (χ4v) is 4.53. The van der Waals surface area contributed by atoms with Gasteiger partial charge in [0, 0.05) is 26.2 Å². The molecule has 1 aliphatic rings. The van der Waals surface area contributed by atoms with Crippen LogP contribution in [0.1, 0.15) is 33.6 Å². The van der Waals surface area contributed by atoms with Crippen LogP contribution in [0.5, 0.6) is 0 Å². The van der Waals surface area contributed by atoms with E-state index in [1.807, 2.05) is 14.0 Å². The average molecular weight is 291 g/mol. The van der Waals surface area contributed by atoms with Crippen molar-refractivity contribution in [3.05, 3.63) is 0 Å². The topological polar surface area (TPSA) is 52.7 Å². The third-order valence-electron chi connectivity index (χ3n) is 4.13. The predicted octanol–water partition coefficient (Wildman–Crippen LogP) is 1.14. The van der Waals surface area contributed by atoms with E-state index in [0.717, 1.165) is 19.4 Å². The monoisotopic (exact) mass is 291 g/mol. The molecule has 5 nitrogen and oxygen atoms in total. The van der Waals surface area contributed by atoms with Gasteiger partial charge in [-0.05, 0) is 45.2 Å². The van der Waals surface area contributed by atoms with E-state index in [4.69, 9.17) is 0 Å². The Kier molecular flexibility index (Phi) is 6.23. The van der Waals surface area contributed by atoms with Crippen molar-refractivity contribution in [3.63, 3.8) is 0 Å². The number of rotatable bonds is 6. The van der Waals surface area contributed by atoms with E-state index in [1.165, 1.54) is 4.31 Å². The van der Waals surface area contributed by atoms with Crippen LogP contribution in [0.4, 0.5) is 0 Å². The van der Waals surface area contributed by atoms with E-state index in [2.05, 4.69) is 19.2 Å². The van der Waals surface area contributed by atoms with Gasteiger partial charge in [-0.3, -0.25) is 0 Å². The molecule has 0 amide bonds. The van der Waals surface area contributed by atoms with Crippen LogP contribution in [-0.4, -0.2) is 56.8 Å². The van der Waals surface area contributed by atoms with Crippen LogP contribution in [-0.2, 0) is 10.2 Å². The molecule has 1 saturated heterocycles. The fraction of sp³-hybridized carbons (Fsp3) is 1.00. The minimum absolute atomic E-state index is 0.0907. The summed E-state index contributed by atoms with van der Waals surface area (Å²) in [6, 6.07) is 0.0907. The Morgan fingerprint density at radius 3 is 2.53 bits per heavy atom. The van der Waals surface area contributed by atoms with E-state index in [9.17, 15) is 8.42 Å². The Balaban J connectivity index is 2.74. The normalized spacial score (nSPS) is 29.9. The lowest BCUT2D eigenvalue weighted by atomic mass is 9.88. The van der Waals surface area contributed by atoms with Crippen LogP contribution in [0.3, 0.4) is 0 Å². The molecule has 0 saturated carbocycles. The molecule has 0 aromatic rings. The van der Waals surface area contributed by atoms with Gasteiger partial charge in [0.2, 0.25) is 0 Å². The van der Waals surface area contributed by atoms with Crippen molar-refractivity contribution in [2.24, 2.45) is 11.8 Å². The van der Waals surface area contributed by atoms with Gasteiger partial charge in [-0.15, -0.1) is 0 Å². The van der Waals surface area contributed by atoms with E-state index in [0.29, 0.717) is 24.9 Å². The minimum atomic E-state index is -3.32. The third-order valence-corrected chi connectivity index (χ3v) is 6.18. The molecule has 0 aromatic carbocycles. The second-order valence-electron chi connectivity index (χ2n) is 5.91. The van der Waals surface area contributed by atoms with E-state index < -0.39 is 10.2 Å². The summed E-state index contributed by atoms with van der Waals surface area (Å²) in [4.78, 5) is 0. The average Bonchev–Trinajstić information content (AvgIpc) is 2.33. The molecule has 1 rings (SSSR count). The Bertz CT molecular complexity index is 372. The smallest absolute Gasteiger partial charge is 0.281 e. The summed E-state index contributed by atoms with van der Waals surface area (Å²) in [5, 5.41) is 3.04. The van der Waals surface area contributed by atoms with Crippen LogP contribution in [0.2, 0.25) is 0 Å². The Morgan fingerprint density at radius 2 is 1.95 bits per heavy atom. The zero-order valence-electron chi connectivity index (χ0n) is 12.9. The Morgan fingerprint density at radius 1 is 1.32 bits per heavy atom. The maximum absolute atomic E-state index is 12.6. The number of piperidine rings is 1. The molecule has 114 valence electrons. The molecule has 0 aromatic heterocycles. The quantitative estimate of drug-likeness (QED) is 0.747. The molecule has 1 heterocycles. The highest BCUT2D eigenvalue weighted by Crippen LogP contribution is 2.29. The highest BCUT2D eigenvalue weighted by atomic mass is 32.2. The largest absolute Gasteiger partial charge is 0.320 e. The first-order valence-corrected chi connectivity index (χ1v) is 8.58. The molecule has 0 bridgehead atoms. The first kappa shape index (κ1) is 16.9. The maximum atomic E-state index is 12.6. The minimum Gasteiger partial charge on any atom is -0.320 e. The SMILES string of the molecule is CNCCCN(C)S(=O)(=O)N1CC(C)CC(C)C1C. The van der Waals surface area contributed by atoms with Gasteiger partial charge in [-0.25, -0.2) is 0 Å². The number of hydrogen-bond acceptors (Lipinski definition) is 3. The van der Waals surface area contributed by atoms with Crippen LogP contribution in [0, 0.1) is 11.8 Å². The Hall–Kier alpha value is -0.170. The van der Waals surface area contributed by atoms with Gasteiger partial charge in [0.1, 0.15) is 0 Å². The zero-order valence-corrected chi connectivity index (χ0v) is 13.7. The lowest BCUT2D eigenvalue weighted by molar-refractivity contribution is 0.149. The van der Waals surface area contributed by atoms with Crippen molar-refractivity contribution in [3.8, 4) is 0 Å². The molecule has 1 aliphatic heterocycles. The standard InChI is InChI=1S/C13H29N3O2S/c1-11-9-12(2)13(3)16(10-11)19(17,18)15(5)8-6-7-14-4/h11-14H,6-10H2,1-5H3. The molecule has 0 spiro atoms. The van der Waals surface area contributed by atoms with Gasteiger partial charge in [0.15, 0.2) is 0 Å². The van der Waals surface area contributed by atoms with Crippen molar-refractivity contribution >= 4 is 10.2 Å². The van der Waals surface area contributed by atoms with Gasteiger partial charge in [0.25, 0.3) is 10.2 Å². The summed E-state index contributed by atoms with van der Waals surface area (Å²) in [5.41, 5.74) is 0. The van der Waals surface area contributed by atoms with Crippen molar-refractivity contribution in [2.75, 3.05) is 33.7 Å². The molecule has 19 heavy (non-hydrogen) atoms. The van der Waals surface area contributed by atoms with Crippen molar-refractivity contribution in [2.45, 2.75) is 39.7 Å². The molecule has 1 N–H and O–H groups in total. The highest BCUT2D eigenvalue weighted by molar-refractivity contribution is 7.86. The Labute approximate surface area is 118 Å². The summed E-state index contributed by atoms with van der Waals surface area (Å²) in [7, 11) is 0.243. The first-order valence-electron chi connectivity index (χ1n) is 7.18. The van der Waals surface area contributed by atoms with Gasteiger partial charge >= 0.3 is 0 Å². The summed E-state index contributed by atoms with van der Waals surface area (Å²) in [6.07, 6.45) is 1.94. The van der Waals surface area contributed by atoms with E-state index >= 15 is 0 Å². The van der Waals surface area contributed by atoms with Crippen molar-refractivity contribution < 1.29 is 8.42 Å².